The highest BCUT2D eigenvalue weighted by molar-refractivity contribution is 7.92. The maximum absolute atomic E-state index is 13.1. The number of nitrogens with one attached hydrogen (secondary N) is 1. The van der Waals surface area contributed by atoms with Gasteiger partial charge in [-0.25, -0.2) is 8.42 Å². The molecule has 0 spiro atoms. The largest absolute Gasteiger partial charge is 0.344 e. The van der Waals surface area contributed by atoms with Crippen molar-refractivity contribution < 1.29 is 13.2 Å². The summed E-state index contributed by atoms with van der Waals surface area (Å²) in [5, 5.41) is 3.04. The van der Waals surface area contributed by atoms with Gasteiger partial charge in [0.15, 0.2) is 0 Å². The Bertz CT molecular complexity index is 1140. The van der Waals surface area contributed by atoms with Crippen LogP contribution in [-0.2, 0) is 14.8 Å². The number of nitrogens with zero attached hydrogens (tertiary/aromatic N) is 1. The molecule has 0 aromatic heterocycles. The van der Waals surface area contributed by atoms with Crippen LogP contribution in [0.1, 0.15) is 33.9 Å². The molecule has 1 amide bonds. The van der Waals surface area contributed by atoms with E-state index in [-0.39, 0.29) is 18.5 Å². The first-order valence-corrected chi connectivity index (χ1v) is 12.0. The highest BCUT2D eigenvalue weighted by Gasteiger charge is 2.25. The number of hydrogen-bond acceptors (Lipinski definition) is 3. The third kappa shape index (κ3) is 5.52. The first-order chi connectivity index (χ1) is 14.7. The van der Waals surface area contributed by atoms with Crippen molar-refractivity contribution >= 4 is 21.6 Å². The Hall–Kier alpha value is -3.12. The van der Waals surface area contributed by atoms with E-state index in [0.717, 1.165) is 34.1 Å². The van der Waals surface area contributed by atoms with Crippen LogP contribution in [0.25, 0.3) is 0 Å². The number of hydrogen-bond donors (Lipinski definition) is 1. The Labute approximate surface area is 184 Å². The van der Waals surface area contributed by atoms with Crippen molar-refractivity contribution in [1.82, 2.24) is 5.32 Å². The van der Waals surface area contributed by atoms with E-state index in [1.165, 1.54) is 4.31 Å². The summed E-state index contributed by atoms with van der Waals surface area (Å²) in [6.07, 6.45) is 1.13. The van der Waals surface area contributed by atoms with E-state index < -0.39 is 10.0 Å². The summed E-state index contributed by atoms with van der Waals surface area (Å²) in [6, 6.07) is 22.8. The van der Waals surface area contributed by atoms with Crippen molar-refractivity contribution in [3.05, 3.63) is 101 Å². The summed E-state index contributed by atoms with van der Waals surface area (Å²) in [6.45, 7) is 5.41. The molecule has 0 aliphatic rings. The maximum atomic E-state index is 13.1. The Kier molecular flexibility index (Phi) is 6.81. The molecular formula is C25H28N2O3S. The first kappa shape index (κ1) is 22.6. The lowest BCUT2D eigenvalue weighted by Crippen LogP contribution is -2.42. The molecule has 0 unspecified atom stereocenters. The van der Waals surface area contributed by atoms with Gasteiger partial charge >= 0.3 is 0 Å². The molecule has 162 valence electrons. The van der Waals surface area contributed by atoms with E-state index in [1.54, 1.807) is 0 Å². The minimum absolute atomic E-state index is 0.292. The summed E-state index contributed by atoms with van der Waals surface area (Å²) in [4.78, 5) is 13.1. The van der Waals surface area contributed by atoms with Crippen molar-refractivity contribution in [2.45, 2.75) is 26.8 Å². The smallest absolute Gasteiger partial charge is 0.241 e. The summed E-state index contributed by atoms with van der Waals surface area (Å²) in [5.74, 6) is -0.373. The standard InChI is InChI=1S/C25H28N2O3S/c1-18-13-15-22(16-14-18)24(21-11-6-5-7-12-21)26-23(28)17-27(31(4,29)30)25-19(2)9-8-10-20(25)3/h5-16,24H,17H2,1-4H3,(H,26,28)/t24-/m1/s1. The van der Waals surface area contributed by atoms with Gasteiger partial charge in [-0.3, -0.25) is 9.10 Å². The summed E-state index contributed by atoms with van der Waals surface area (Å²) >= 11 is 0. The van der Waals surface area contributed by atoms with Gasteiger partial charge in [0.25, 0.3) is 0 Å². The lowest BCUT2D eigenvalue weighted by molar-refractivity contribution is -0.120. The van der Waals surface area contributed by atoms with Crippen LogP contribution in [0.4, 0.5) is 5.69 Å². The zero-order valence-electron chi connectivity index (χ0n) is 18.3. The van der Waals surface area contributed by atoms with Crippen molar-refractivity contribution in [3.8, 4) is 0 Å². The third-order valence-corrected chi connectivity index (χ3v) is 6.34. The van der Waals surface area contributed by atoms with E-state index in [0.29, 0.717) is 5.69 Å². The van der Waals surface area contributed by atoms with Crippen molar-refractivity contribution in [3.63, 3.8) is 0 Å². The monoisotopic (exact) mass is 436 g/mol. The fourth-order valence-corrected chi connectivity index (χ4v) is 4.63. The molecule has 3 aromatic carbocycles. The van der Waals surface area contributed by atoms with Crippen LogP contribution in [-0.4, -0.2) is 27.1 Å². The Morgan fingerprint density at radius 1 is 0.839 bits per heavy atom. The zero-order valence-corrected chi connectivity index (χ0v) is 19.1. The number of para-hydroxylation sites is 1. The second kappa shape index (κ2) is 9.35. The fourth-order valence-electron chi connectivity index (χ4n) is 3.66. The van der Waals surface area contributed by atoms with Gasteiger partial charge in [-0.15, -0.1) is 0 Å². The van der Waals surface area contributed by atoms with Crippen LogP contribution in [0, 0.1) is 20.8 Å². The number of carbonyl (C=O) groups is 1. The van der Waals surface area contributed by atoms with Crippen LogP contribution >= 0.6 is 0 Å². The third-order valence-electron chi connectivity index (χ3n) is 5.23. The van der Waals surface area contributed by atoms with Crippen LogP contribution in [0.3, 0.4) is 0 Å². The predicted octanol–water partition coefficient (Wildman–Crippen LogP) is 4.28. The van der Waals surface area contributed by atoms with E-state index in [2.05, 4.69) is 5.32 Å². The Morgan fingerprint density at radius 3 is 1.94 bits per heavy atom. The molecule has 0 radical (unpaired) electrons. The molecule has 1 N–H and O–H groups in total. The SMILES string of the molecule is Cc1ccc([C@H](NC(=O)CN(c2c(C)cccc2C)S(C)(=O)=O)c2ccccc2)cc1. The van der Waals surface area contributed by atoms with Gasteiger partial charge in [0, 0.05) is 0 Å². The molecule has 3 aromatic rings. The lowest BCUT2D eigenvalue weighted by atomic mass is 9.98. The van der Waals surface area contributed by atoms with Crippen molar-refractivity contribution in [2.75, 3.05) is 17.1 Å². The molecule has 0 saturated heterocycles. The molecule has 0 fully saturated rings. The van der Waals surface area contributed by atoms with E-state index >= 15 is 0 Å². The second-order valence-corrected chi connectivity index (χ2v) is 9.74. The summed E-state index contributed by atoms with van der Waals surface area (Å²) < 4.78 is 26.3. The highest BCUT2D eigenvalue weighted by atomic mass is 32.2. The average Bonchev–Trinajstić information content (AvgIpc) is 2.72. The highest BCUT2D eigenvalue weighted by Crippen LogP contribution is 2.27. The Balaban J connectivity index is 1.93. The van der Waals surface area contributed by atoms with Crippen LogP contribution in [0.15, 0.2) is 72.8 Å². The molecule has 0 heterocycles. The molecule has 6 heteroatoms. The minimum Gasteiger partial charge on any atom is -0.344 e. The van der Waals surface area contributed by atoms with Gasteiger partial charge in [0.05, 0.1) is 18.0 Å². The van der Waals surface area contributed by atoms with Crippen molar-refractivity contribution in [1.29, 1.82) is 0 Å². The molecule has 0 aliphatic carbocycles. The second-order valence-electron chi connectivity index (χ2n) is 7.83. The molecule has 1 atom stereocenters. The summed E-state index contributed by atoms with van der Waals surface area (Å²) in [5.41, 5.74) is 5.14. The van der Waals surface area contributed by atoms with Gasteiger partial charge in [-0.05, 0) is 43.0 Å². The lowest BCUT2D eigenvalue weighted by Gasteiger charge is -2.27. The average molecular weight is 437 g/mol. The topological polar surface area (TPSA) is 66.5 Å². The molecule has 0 aliphatic heterocycles. The first-order valence-electron chi connectivity index (χ1n) is 10.1. The summed E-state index contributed by atoms with van der Waals surface area (Å²) in [7, 11) is -3.66. The van der Waals surface area contributed by atoms with Gasteiger partial charge in [0.1, 0.15) is 6.54 Å². The van der Waals surface area contributed by atoms with Gasteiger partial charge in [0.2, 0.25) is 15.9 Å². The Morgan fingerprint density at radius 2 is 1.39 bits per heavy atom. The number of sulfonamides is 1. The predicted molar refractivity (Wildman–Crippen MR) is 126 cm³/mol. The number of carbonyl (C=O) groups excluding carboxylic acids is 1. The molecule has 5 nitrogen and oxygen atoms in total. The molecular weight excluding hydrogens is 408 g/mol. The maximum Gasteiger partial charge on any atom is 0.241 e. The zero-order chi connectivity index (χ0) is 22.6. The quantitative estimate of drug-likeness (QED) is 0.601. The normalized spacial score (nSPS) is 12.3. The minimum atomic E-state index is -3.66. The van der Waals surface area contributed by atoms with Gasteiger partial charge in [-0.1, -0.05) is 78.4 Å². The molecule has 31 heavy (non-hydrogen) atoms. The van der Waals surface area contributed by atoms with E-state index in [9.17, 15) is 13.2 Å². The fraction of sp³-hybridized carbons (Fsp3) is 0.240. The number of benzene rings is 3. The number of aryl methyl sites for hydroxylation is 3. The van der Waals surface area contributed by atoms with Crippen LogP contribution in [0.5, 0.6) is 0 Å². The van der Waals surface area contributed by atoms with Gasteiger partial charge < -0.3 is 5.32 Å². The van der Waals surface area contributed by atoms with E-state index in [1.807, 2.05) is 93.6 Å². The number of anilines is 1. The van der Waals surface area contributed by atoms with Crippen LogP contribution in [0.2, 0.25) is 0 Å². The van der Waals surface area contributed by atoms with Crippen LogP contribution < -0.4 is 9.62 Å². The van der Waals surface area contributed by atoms with Crippen molar-refractivity contribution in [2.24, 2.45) is 0 Å². The number of amides is 1. The molecule has 0 saturated carbocycles. The number of rotatable bonds is 7. The van der Waals surface area contributed by atoms with E-state index in [4.69, 9.17) is 0 Å². The molecule has 0 bridgehead atoms. The van der Waals surface area contributed by atoms with Gasteiger partial charge in [-0.2, -0.15) is 0 Å². The molecule has 3 rings (SSSR count).